The average molecular weight is 346 g/mol. The molecule has 2 unspecified atom stereocenters. The van der Waals surface area contributed by atoms with Crippen LogP contribution in [0.2, 0.25) is 0 Å². The third-order valence-corrected chi connectivity index (χ3v) is 4.98. The van der Waals surface area contributed by atoms with E-state index >= 15 is 0 Å². The van der Waals surface area contributed by atoms with E-state index in [1.54, 1.807) is 0 Å². The SMILES string of the molecule is CC(CCCOCC1COc2cscc2O1)S(=O)(=O)O.[NaH]. The molecule has 0 amide bonds. The molecule has 1 aromatic rings. The fourth-order valence-electron chi connectivity index (χ4n) is 1.78. The van der Waals surface area contributed by atoms with E-state index in [0.717, 1.165) is 11.5 Å². The number of fused-ring (bicyclic) bond motifs is 1. The van der Waals surface area contributed by atoms with E-state index in [-0.39, 0.29) is 35.7 Å². The molecule has 1 N–H and O–H groups in total. The molecule has 116 valence electrons. The van der Waals surface area contributed by atoms with E-state index in [1.807, 2.05) is 10.8 Å². The average Bonchev–Trinajstić information content (AvgIpc) is 2.84. The summed E-state index contributed by atoms with van der Waals surface area (Å²) in [5.74, 6) is 1.52. The first-order valence-electron chi connectivity index (χ1n) is 6.36. The summed E-state index contributed by atoms with van der Waals surface area (Å²) in [6, 6.07) is 0. The van der Waals surface area contributed by atoms with E-state index in [9.17, 15) is 8.42 Å². The Morgan fingerprint density at radius 2 is 2.19 bits per heavy atom. The molecular formula is C12H19NaO6S2. The minimum absolute atomic E-state index is 0. The van der Waals surface area contributed by atoms with Gasteiger partial charge in [-0.2, -0.15) is 8.42 Å². The van der Waals surface area contributed by atoms with Crippen LogP contribution in [0.1, 0.15) is 19.8 Å². The van der Waals surface area contributed by atoms with E-state index in [1.165, 1.54) is 18.3 Å². The van der Waals surface area contributed by atoms with Crippen LogP contribution in [0.25, 0.3) is 0 Å². The quantitative estimate of drug-likeness (QED) is 0.455. The van der Waals surface area contributed by atoms with Crippen LogP contribution in [-0.4, -0.2) is 73.7 Å². The van der Waals surface area contributed by atoms with E-state index in [2.05, 4.69) is 0 Å². The van der Waals surface area contributed by atoms with Gasteiger partial charge in [-0.3, -0.25) is 4.55 Å². The predicted octanol–water partition coefficient (Wildman–Crippen LogP) is 1.31. The number of hydrogen-bond acceptors (Lipinski definition) is 6. The van der Waals surface area contributed by atoms with Crippen LogP contribution in [0.4, 0.5) is 0 Å². The molecule has 0 radical (unpaired) electrons. The summed E-state index contributed by atoms with van der Waals surface area (Å²) < 4.78 is 47.1. The van der Waals surface area contributed by atoms with Gasteiger partial charge in [0.1, 0.15) is 6.61 Å². The van der Waals surface area contributed by atoms with Crippen LogP contribution >= 0.6 is 11.3 Å². The van der Waals surface area contributed by atoms with Gasteiger partial charge in [0.05, 0.1) is 11.9 Å². The van der Waals surface area contributed by atoms with Crippen molar-refractivity contribution in [3.8, 4) is 11.5 Å². The maximum atomic E-state index is 10.8. The van der Waals surface area contributed by atoms with Crippen LogP contribution in [0.5, 0.6) is 11.5 Å². The maximum absolute atomic E-state index is 10.8. The summed E-state index contributed by atoms with van der Waals surface area (Å²) in [5, 5.41) is 3.02. The monoisotopic (exact) mass is 346 g/mol. The van der Waals surface area contributed by atoms with Gasteiger partial charge in [-0.05, 0) is 19.8 Å². The van der Waals surface area contributed by atoms with Crippen molar-refractivity contribution in [3.05, 3.63) is 10.8 Å². The van der Waals surface area contributed by atoms with Crippen molar-refractivity contribution in [1.82, 2.24) is 0 Å². The van der Waals surface area contributed by atoms with E-state index < -0.39 is 15.4 Å². The third kappa shape index (κ3) is 6.05. The van der Waals surface area contributed by atoms with Gasteiger partial charge in [0, 0.05) is 17.4 Å². The first-order valence-corrected chi connectivity index (χ1v) is 8.81. The molecule has 2 atom stereocenters. The Labute approximate surface area is 150 Å². The first-order chi connectivity index (χ1) is 9.47. The fourth-order valence-corrected chi connectivity index (χ4v) is 2.92. The Morgan fingerprint density at radius 1 is 1.48 bits per heavy atom. The molecule has 0 aromatic carbocycles. The second-order valence-corrected chi connectivity index (χ2v) is 7.27. The summed E-state index contributed by atoms with van der Waals surface area (Å²) in [7, 11) is -3.94. The number of rotatable bonds is 7. The zero-order chi connectivity index (χ0) is 14.6. The molecule has 0 bridgehead atoms. The van der Waals surface area contributed by atoms with Gasteiger partial charge in [0.2, 0.25) is 0 Å². The van der Waals surface area contributed by atoms with Gasteiger partial charge in [-0.1, -0.05) is 0 Å². The van der Waals surface area contributed by atoms with Crippen LogP contribution in [0, 0.1) is 0 Å². The summed E-state index contributed by atoms with van der Waals surface area (Å²) in [6.45, 7) is 2.75. The van der Waals surface area contributed by atoms with Crippen molar-refractivity contribution >= 4 is 51.0 Å². The number of ether oxygens (including phenoxy) is 3. The van der Waals surface area contributed by atoms with Crippen LogP contribution < -0.4 is 9.47 Å². The number of hydrogen-bond donors (Lipinski definition) is 1. The van der Waals surface area contributed by atoms with Gasteiger partial charge in [0.15, 0.2) is 17.6 Å². The Morgan fingerprint density at radius 3 is 2.90 bits per heavy atom. The molecule has 0 fully saturated rings. The Bertz CT molecular complexity index is 530. The normalized spacial score (nSPS) is 18.9. The summed E-state index contributed by atoms with van der Waals surface area (Å²) in [4.78, 5) is 0. The summed E-state index contributed by atoms with van der Waals surface area (Å²) >= 11 is 1.52. The topological polar surface area (TPSA) is 82.1 Å². The van der Waals surface area contributed by atoms with Crippen molar-refractivity contribution < 1.29 is 27.2 Å². The van der Waals surface area contributed by atoms with Crippen molar-refractivity contribution in [3.63, 3.8) is 0 Å². The van der Waals surface area contributed by atoms with Gasteiger partial charge in [-0.15, -0.1) is 11.3 Å². The number of thiophene rings is 1. The van der Waals surface area contributed by atoms with Crippen LogP contribution in [0.3, 0.4) is 0 Å². The summed E-state index contributed by atoms with van der Waals surface area (Å²) in [6.07, 6.45) is 0.796. The second kappa shape index (κ2) is 8.71. The van der Waals surface area contributed by atoms with E-state index in [0.29, 0.717) is 32.7 Å². The zero-order valence-electron chi connectivity index (χ0n) is 11.1. The van der Waals surface area contributed by atoms with Gasteiger partial charge < -0.3 is 14.2 Å². The molecule has 0 saturated heterocycles. The van der Waals surface area contributed by atoms with Crippen molar-refractivity contribution in [2.24, 2.45) is 0 Å². The van der Waals surface area contributed by atoms with Gasteiger partial charge in [-0.25, -0.2) is 0 Å². The molecule has 0 saturated carbocycles. The Balaban J connectivity index is 0.00000220. The molecular weight excluding hydrogens is 327 g/mol. The minimum atomic E-state index is -3.94. The first kappa shape index (κ1) is 19.2. The fraction of sp³-hybridized carbons (Fsp3) is 0.667. The molecule has 9 heteroatoms. The van der Waals surface area contributed by atoms with Crippen molar-refractivity contribution in [2.75, 3.05) is 19.8 Å². The second-order valence-electron chi connectivity index (χ2n) is 4.69. The predicted molar refractivity (Wildman–Crippen MR) is 82.4 cm³/mol. The molecule has 6 nitrogen and oxygen atoms in total. The summed E-state index contributed by atoms with van der Waals surface area (Å²) in [5.41, 5.74) is 0. The third-order valence-electron chi connectivity index (χ3n) is 3.02. The van der Waals surface area contributed by atoms with Gasteiger partial charge >= 0.3 is 29.6 Å². The Kier molecular flexibility index (Phi) is 7.97. The molecule has 21 heavy (non-hydrogen) atoms. The van der Waals surface area contributed by atoms with Crippen molar-refractivity contribution in [1.29, 1.82) is 0 Å². The molecule has 2 heterocycles. The van der Waals surface area contributed by atoms with E-state index in [4.69, 9.17) is 18.8 Å². The standard InChI is InChI=1S/C12H18O6S2.Na.H/c1-9(20(13,14)15)3-2-4-16-5-10-6-17-11-7-19-8-12(11)18-10;;/h7-10H,2-6H2,1H3,(H,13,14,15);;. The van der Waals surface area contributed by atoms with Gasteiger partial charge in [0.25, 0.3) is 10.1 Å². The molecule has 2 rings (SSSR count). The molecule has 1 aliphatic rings. The molecule has 0 aliphatic carbocycles. The zero-order valence-corrected chi connectivity index (χ0v) is 12.8. The van der Waals surface area contributed by atoms with Crippen molar-refractivity contribution in [2.45, 2.75) is 31.1 Å². The Hall–Kier alpha value is 0.170. The molecule has 0 spiro atoms. The van der Waals surface area contributed by atoms with Crippen LogP contribution in [-0.2, 0) is 14.9 Å². The van der Waals surface area contributed by atoms with Crippen LogP contribution in [0.15, 0.2) is 10.8 Å². The molecule has 1 aromatic heterocycles. The molecule has 1 aliphatic heterocycles.